The average Bonchev–Trinajstić information content (AvgIpc) is 2.85. The zero-order chi connectivity index (χ0) is 27.9. The summed E-state index contributed by atoms with van der Waals surface area (Å²) in [5.41, 5.74) is 9.53. The molecule has 0 bridgehead atoms. The molecule has 0 spiro atoms. The SMILES string of the molecule is CCNC(=O)OC1=C(C)C2=CC=C3[C@@](C)(CC[C@@]4(C)[C@@H]5C[C@](C)(C(N)=O)CC[C@]5(C)CC[C@]34C)C2=CC1=O. The first-order valence-electron chi connectivity index (χ1n) is 14.3. The second-order valence-corrected chi connectivity index (χ2v) is 13.9. The van der Waals surface area contributed by atoms with Crippen LogP contribution >= 0.6 is 0 Å². The predicted molar refractivity (Wildman–Crippen MR) is 148 cm³/mol. The van der Waals surface area contributed by atoms with Crippen molar-refractivity contribution in [3.8, 4) is 0 Å². The van der Waals surface area contributed by atoms with Crippen LogP contribution in [-0.4, -0.2) is 24.3 Å². The second-order valence-electron chi connectivity index (χ2n) is 13.9. The van der Waals surface area contributed by atoms with Crippen molar-refractivity contribution in [3.05, 3.63) is 46.3 Å². The highest BCUT2D eigenvalue weighted by atomic mass is 16.6. The fraction of sp³-hybridized carbons (Fsp3) is 0.656. The molecule has 0 saturated heterocycles. The largest absolute Gasteiger partial charge is 0.412 e. The van der Waals surface area contributed by atoms with E-state index in [1.54, 1.807) is 6.08 Å². The number of amides is 2. The van der Waals surface area contributed by atoms with E-state index in [1.807, 2.05) is 13.8 Å². The number of fused-ring (bicyclic) bond motifs is 7. The lowest BCUT2D eigenvalue weighted by Crippen LogP contribution is -2.62. The van der Waals surface area contributed by atoms with Gasteiger partial charge in [0.25, 0.3) is 0 Å². The molecule has 5 rings (SSSR count). The molecule has 3 fully saturated rings. The lowest BCUT2D eigenvalue weighted by Gasteiger charge is -2.70. The van der Waals surface area contributed by atoms with Gasteiger partial charge in [0.15, 0.2) is 5.76 Å². The van der Waals surface area contributed by atoms with E-state index in [0.29, 0.717) is 12.5 Å². The number of ether oxygens (including phenoxy) is 1. The quantitative estimate of drug-likeness (QED) is 0.457. The van der Waals surface area contributed by atoms with Crippen LogP contribution in [0, 0.1) is 33.0 Å². The van der Waals surface area contributed by atoms with Crippen molar-refractivity contribution >= 4 is 17.8 Å². The van der Waals surface area contributed by atoms with E-state index in [-0.39, 0.29) is 39.1 Å². The highest BCUT2D eigenvalue weighted by molar-refractivity contribution is 6.08. The molecular formula is C32H44N2O4. The number of ketones is 1. The highest BCUT2D eigenvalue weighted by Crippen LogP contribution is 2.75. The Labute approximate surface area is 227 Å². The minimum atomic E-state index is -0.604. The van der Waals surface area contributed by atoms with Crippen molar-refractivity contribution < 1.29 is 19.1 Å². The summed E-state index contributed by atoms with van der Waals surface area (Å²) in [7, 11) is 0. The zero-order valence-electron chi connectivity index (χ0n) is 24.2. The molecule has 3 N–H and O–H groups in total. The summed E-state index contributed by atoms with van der Waals surface area (Å²) in [6.07, 6.45) is 12.5. The van der Waals surface area contributed by atoms with Crippen molar-refractivity contribution in [3.63, 3.8) is 0 Å². The molecular weight excluding hydrogens is 476 g/mol. The lowest BCUT2D eigenvalue weighted by atomic mass is 9.34. The third-order valence-electron chi connectivity index (χ3n) is 12.0. The molecule has 2 amide bonds. The fourth-order valence-electron chi connectivity index (χ4n) is 9.07. The van der Waals surface area contributed by atoms with Gasteiger partial charge in [0, 0.05) is 22.9 Å². The van der Waals surface area contributed by atoms with Gasteiger partial charge in [-0.3, -0.25) is 9.59 Å². The standard InChI is InChI=1S/C32H44N2O4/c1-8-34-27(37)38-25-19(2)20-9-10-23-30(5,21(20)17-22(25)35)14-16-32(7)24-18-29(4,26(33)36)12-11-28(24,3)13-15-31(23,32)6/h9-10,17,24H,8,11-16,18H2,1-7H3,(H2,33,36)(H,34,37)/t24-,28-,29-,30+,31-,32+/m1/s1. The van der Waals surface area contributed by atoms with Crippen LogP contribution in [0.15, 0.2) is 46.3 Å². The number of hydrogen-bond donors (Lipinski definition) is 2. The molecule has 3 saturated carbocycles. The number of carbonyl (C=O) groups excluding carboxylic acids is 3. The van der Waals surface area contributed by atoms with Crippen LogP contribution in [0.5, 0.6) is 0 Å². The summed E-state index contributed by atoms with van der Waals surface area (Å²) in [6, 6.07) is 0. The van der Waals surface area contributed by atoms with Crippen molar-refractivity contribution in [1.29, 1.82) is 0 Å². The van der Waals surface area contributed by atoms with E-state index in [0.717, 1.165) is 61.7 Å². The maximum absolute atomic E-state index is 13.3. The number of nitrogens with two attached hydrogens (primary N) is 1. The summed E-state index contributed by atoms with van der Waals surface area (Å²) >= 11 is 0. The zero-order valence-corrected chi connectivity index (χ0v) is 24.2. The predicted octanol–water partition coefficient (Wildman–Crippen LogP) is 6.29. The minimum absolute atomic E-state index is 0.0183. The van der Waals surface area contributed by atoms with Crippen LogP contribution in [0.4, 0.5) is 4.79 Å². The first-order chi connectivity index (χ1) is 17.7. The van der Waals surface area contributed by atoms with Gasteiger partial charge in [-0.15, -0.1) is 0 Å². The van der Waals surface area contributed by atoms with Gasteiger partial charge in [0.2, 0.25) is 11.7 Å². The Bertz CT molecular complexity index is 1260. The third kappa shape index (κ3) is 3.47. The molecule has 6 atom stereocenters. The fourth-order valence-corrected chi connectivity index (χ4v) is 9.07. The van der Waals surface area contributed by atoms with Crippen LogP contribution in [0.2, 0.25) is 0 Å². The normalized spacial score (nSPS) is 41.9. The first-order valence-corrected chi connectivity index (χ1v) is 14.3. The van der Waals surface area contributed by atoms with Crippen LogP contribution in [0.1, 0.15) is 93.4 Å². The molecule has 206 valence electrons. The molecule has 5 aliphatic carbocycles. The highest BCUT2D eigenvalue weighted by Gasteiger charge is 2.67. The lowest BCUT2D eigenvalue weighted by molar-refractivity contribution is -0.167. The number of nitrogens with one attached hydrogen (secondary N) is 1. The van der Waals surface area contributed by atoms with E-state index >= 15 is 0 Å². The van der Waals surface area contributed by atoms with Crippen molar-refractivity contribution in [2.24, 2.45) is 38.7 Å². The molecule has 0 aliphatic heterocycles. The summed E-state index contributed by atoms with van der Waals surface area (Å²) in [5.74, 6) is 0.0954. The van der Waals surface area contributed by atoms with Gasteiger partial charge in [-0.05, 0) is 98.2 Å². The first kappa shape index (κ1) is 27.0. The molecule has 0 aromatic rings. The van der Waals surface area contributed by atoms with Gasteiger partial charge in [-0.2, -0.15) is 0 Å². The summed E-state index contributed by atoms with van der Waals surface area (Å²) in [6.45, 7) is 15.8. The molecule has 6 heteroatoms. The molecule has 5 aliphatic rings. The molecule has 0 radical (unpaired) electrons. The van der Waals surface area contributed by atoms with Gasteiger partial charge >= 0.3 is 6.09 Å². The van der Waals surface area contributed by atoms with Crippen molar-refractivity contribution in [1.82, 2.24) is 5.32 Å². The Morgan fingerprint density at radius 3 is 2.37 bits per heavy atom. The summed E-state index contributed by atoms with van der Waals surface area (Å²) < 4.78 is 5.44. The topological polar surface area (TPSA) is 98.5 Å². The number of rotatable bonds is 3. The summed E-state index contributed by atoms with van der Waals surface area (Å²) in [4.78, 5) is 37.9. The van der Waals surface area contributed by atoms with E-state index in [9.17, 15) is 14.4 Å². The Hall–Kier alpha value is -2.63. The minimum Gasteiger partial charge on any atom is -0.406 e. The maximum Gasteiger partial charge on any atom is 0.412 e. The van der Waals surface area contributed by atoms with E-state index in [4.69, 9.17) is 10.5 Å². The van der Waals surface area contributed by atoms with E-state index in [2.05, 4.69) is 52.1 Å². The smallest absolute Gasteiger partial charge is 0.406 e. The second kappa shape index (κ2) is 8.43. The molecule has 0 aromatic carbocycles. The Morgan fingerprint density at radius 1 is 1.03 bits per heavy atom. The number of carbonyl (C=O) groups is 3. The van der Waals surface area contributed by atoms with E-state index in [1.165, 1.54) is 5.57 Å². The van der Waals surface area contributed by atoms with Crippen molar-refractivity contribution in [2.45, 2.75) is 93.4 Å². The van der Waals surface area contributed by atoms with Crippen LogP contribution in [-0.2, 0) is 14.3 Å². The maximum atomic E-state index is 13.3. The Kier molecular flexibility index (Phi) is 5.98. The summed E-state index contributed by atoms with van der Waals surface area (Å²) in [5, 5.41) is 2.61. The monoisotopic (exact) mass is 520 g/mol. The third-order valence-corrected chi connectivity index (χ3v) is 12.0. The molecule has 0 aromatic heterocycles. The van der Waals surface area contributed by atoms with Crippen LogP contribution in [0.3, 0.4) is 0 Å². The number of primary amides is 1. The number of allylic oxidation sites excluding steroid dienone is 7. The number of hydrogen-bond acceptors (Lipinski definition) is 4. The molecule has 0 unspecified atom stereocenters. The van der Waals surface area contributed by atoms with Crippen LogP contribution < -0.4 is 11.1 Å². The van der Waals surface area contributed by atoms with Crippen LogP contribution in [0.25, 0.3) is 0 Å². The van der Waals surface area contributed by atoms with Gasteiger partial charge in [-0.1, -0.05) is 52.3 Å². The van der Waals surface area contributed by atoms with Crippen molar-refractivity contribution in [2.75, 3.05) is 6.54 Å². The Balaban J connectivity index is 1.58. The molecule has 6 nitrogen and oxygen atoms in total. The van der Waals surface area contributed by atoms with Gasteiger partial charge in [0.1, 0.15) is 0 Å². The number of alkyl carbamates (subject to hydrolysis) is 1. The van der Waals surface area contributed by atoms with Gasteiger partial charge < -0.3 is 15.8 Å². The average molecular weight is 521 g/mol. The molecule has 0 heterocycles. The van der Waals surface area contributed by atoms with E-state index < -0.39 is 11.5 Å². The van der Waals surface area contributed by atoms with Gasteiger partial charge in [-0.25, -0.2) is 4.79 Å². The molecule has 38 heavy (non-hydrogen) atoms. The van der Waals surface area contributed by atoms with Gasteiger partial charge in [0.05, 0.1) is 0 Å². The Morgan fingerprint density at radius 2 is 1.71 bits per heavy atom.